The van der Waals surface area contributed by atoms with Crippen molar-refractivity contribution >= 4 is 17.6 Å². The maximum atomic E-state index is 10.5. The molecule has 6 heteroatoms. The predicted molar refractivity (Wildman–Crippen MR) is 69.5 cm³/mol. The first kappa shape index (κ1) is 12.5. The number of hydrogen-bond acceptors (Lipinski definition) is 4. The number of nitrogens with one attached hydrogen (secondary N) is 2. The summed E-state index contributed by atoms with van der Waals surface area (Å²) in [5.41, 5.74) is 6.46. The van der Waals surface area contributed by atoms with E-state index in [1.807, 2.05) is 6.07 Å². The van der Waals surface area contributed by atoms with Gasteiger partial charge in [0, 0.05) is 18.3 Å². The molecule has 0 unspecified atom stereocenters. The molecule has 1 aromatic rings. The number of aromatic nitrogens is 1. The molecule has 1 aromatic heterocycles. The molecule has 1 saturated carbocycles. The number of carbonyl (C=O) groups is 1. The van der Waals surface area contributed by atoms with Gasteiger partial charge in [0.1, 0.15) is 5.82 Å². The molecule has 0 spiro atoms. The molecule has 2 rings (SSSR count). The summed E-state index contributed by atoms with van der Waals surface area (Å²) in [7, 11) is 0. The van der Waals surface area contributed by atoms with Crippen LogP contribution in [-0.4, -0.2) is 28.3 Å². The highest BCUT2D eigenvalue weighted by molar-refractivity contribution is 5.64. The van der Waals surface area contributed by atoms with E-state index in [-0.39, 0.29) is 6.04 Å². The van der Waals surface area contributed by atoms with Crippen LogP contribution < -0.4 is 16.4 Å². The number of nitrogens with two attached hydrogens (primary N) is 1. The summed E-state index contributed by atoms with van der Waals surface area (Å²) in [6.45, 7) is 0. The topological polar surface area (TPSA) is 100 Å². The van der Waals surface area contributed by atoms with E-state index in [2.05, 4.69) is 15.6 Å². The van der Waals surface area contributed by atoms with E-state index in [1.165, 1.54) is 0 Å². The van der Waals surface area contributed by atoms with E-state index >= 15 is 0 Å². The van der Waals surface area contributed by atoms with Gasteiger partial charge in [0.25, 0.3) is 0 Å². The highest BCUT2D eigenvalue weighted by Crippen LogP contribution is 2.23. The third-order valence-corrected chi connectivity index (χ3v) is 3.23. The maximum absolute atomic E-state index is 10.5. The van der Waals surface area contributed by atoms with E-state index in [4.69, 9.17) is 10.8 Å². The SMILES string of the molecule is Nc1cccnc1N[C@H]1CC[C@H](NC(=O)O)CC1. The molecule has 0 radical (unpaired) electrons. The number of amides is 1. The minimum atomic E-state index is -0.944. The number of carboxylic acid groups (broad SMARTS) is 1. The third-order valence-electron chi connectivity index (χ3n) is 3.23. The number of pyridine rings is 1. The van der Waals surface area contributed by atoms with Gasteiger partial charge in [0.05, 0.1) is 5.69 Å². The minimum absolute atomic E-state index is 0.0710. The summed E-state index contributed by atoms with van der Waals surface area (Å²) >= 11 is 0. The zero-order valence-electron chi connectivity index (χ0n) is 10.1. The second-order valence-corrected chi connectivity index (χ2v) is 4.58. The van der Waals surface area contributed by atoms with Crippen LogP contribution in [-0.2, 0) is 0 Å². The minimum Gasteiger partial charge on any atom is -0.465 e. The molecule has 0 saturated heterocycles. The van der Waals surface area contributed by atoms with Crippen molar-refractivity contribution in [3.63, 3.8) is 0 Å². The molecule has 1 amide bonds. The summed E-state index contributed by atoms with van der Waals surface area (Å²) in [5, 5.41) is 14.5. The van der Waals surface area contributed by atoms with Crippen molar-refractivity contribution in [3.8, 4) is 0 Å². The molecule has 0 atom stereocenters. The van der Waals surface area contributed by atoms with Crippen LogP contribution in [0.4, 0.5) is 16.3 Å². The van der Waals surface area contributed by atoms with Crippen LogP contribution in [0.15, 0.2) is 18.3 Å². The van der Waals surface area contributed by atoms with Crippen molar-refractivity contribution in [2.45, 2.75) is 37.8 Å². The largest absolute Gasteiger partial charge is 0.465 e. The van der Waals surface area contributed by atoms with Gasteiger partial charge in [-0.1, -0.05) is 0 Å². The van der Waals surface area contributed by atoms with Crippen molar-refractivity contribution in [1.82, 2.24) is 10.3 Å². The van der Waals surface area contributed by atoms with Crippen molar-refractivity contribution in [1.29, 1.82) is 0 Å². The lowest BCUT2D eigenvalue weighted by Crippen LogP contribution is -2.39. The maximum Gasteiger partial charge on any atom is 0.404 e. The van der Waals surface area contributed by atoms with Crippen LogP contribution in [0.1, 0.15) is 25.7 Å². The Kier molecular flexibility index (Phi) is 3.86. The first-order chi connectivity index (χ1) is 8.65. The molecule has 0 bridgehead atoms. The lowest BCUT2D eigenvalue weighted by molar-refractivity contribution is 0.185. The molecule has 6 nitrogen and oxygen atoms in total. The van der Waals surface area contributed by atoms with Crippen molar-refractivity contribution < 1.29 is 9.90 Å². The van der Waals surface area contributed by atoms with Gasteiger partial charge >= 0.3 is 6.09 Å². The Balaban J connectivity index is 1.84. The normalized spacial score (nSPS) is 23.3. The van der Waals surface area contributed by atoms with E-state index in [0.717, 1.165) is 25.7 Å². The van der Waals surface area contributed by atoms with Gasteiger partial charge in [-0.15, -0.1) is 0 Å². The molecular formula is C12H18N4O2. The fraction of sp³-hybridized carbons (Fsp3) is 0.500. The molecule has 98 valence electrons. The van der Waals surface area contributed by atoms with Crippen LogP contribution in [0.3, 0.4) is 0 Å². The molecular weight excluding hydrogens is 232 g/mol. The Morgan fingerprint density at radius 3 is 2.61 bits per heavy atom. The molecule has 0 aromatic carbocycles. The van der Waals surface area contributed by atoms with Crippen molar-refractivity contribution in [2.24, 2.45) is 0 Å². The summed E-state index contributed by atoms with van der Waals surface area (Å²) in [6, 6.07) is 4.00. The molecule has 1 aliphatic rings. The lowest BCUT2D eigenvalue weighted by atomic mass is 9.91. The average Bonchev–Trinajstić information content (AvgIpc) is 2.34. The Morgan fingerprint density at radius 2 is 2.00 bits per heavy atom. The van der Waals surface area contributed by atoms with Crippen LogP contribution in [0.2, 0.25) is 0 Å². The fourth-order valence-corrected chi connectivity index (χ4v) is 2.29. The summed E-state index contributed by atoms with van der Waals surface area (Å²) in [4.78, 5) is 14.7. The monoisotopic (exact) mass is 250 g/mol. The zero-order chi connectivity index (χ0) is 13.0. The number of nitrogen functional groups attached to an aromatic ring is 1. The van der Waals surface area contributed by atoms with E-state index in [1.54, 1.807) is 12.3 Å². The van der Waals surface area contributed by atoms with E-state index in [0.29, 0.717) is 17.5 Å². The zero-order valence-corrected chi connectivity index (χ0v) is 10.1. The molecule has 1 aliphatic carbocycles. The van der Waals surface area contributed by atoms with Crippen LogP contribution in [0, 0.1) is 0 Å². The summed E-state index contributed by atoms with van der Waals surface area (Å²) < 4.78 is 0. The Hall–Kier alpha value is -1.98. The number of nitrogens with zero attached hydrogens (tertiary/aromatic N) is 1. The van der Waals surface area contributed by atoms with Gasteiger partial charge in [-0.3, -0.25) is 0 Å². The molecule has 0 aliphatic heterocycles. The van der Waals surface area contributed by atoms with Gasteiger partial charge in [-0.05, 0) is 37.8 Å². The fourth-order valence-electron chi connectivity index (χ4n) is 2.29. The van der Waals surface area contributed by atoms with Gasteiger partial charge in [0.2, 0.25) is 0 Å². The van der Waals surface area contributed by atoms with Crippen LogP contribution in [0.5, 0.6) is 0 Å². The van der Waals surface area contributed by atoms with Gasteiger partial charge < -0.3 is 21.5 Å². The Labute approximate surface area is 106 Å². The molecule has 1 fully saturated rings. The average molecular weight is 250 g/mol. The first-order valence-corrected chi connectivity index (χ1v) is 6.11. The highest BCUT2D eigenvalue weighted by atomic mass is 16.4. The Bertz CT molecular complexity index is 416. The van der Waals surface area contributed by atoms with Gasteiger partial charge in [0.15, 0.2) is 0 Å². The number of hydrogen-bond donors (Lipinski definition) is 4. The predicted octanol–water partition coefficient (Wildman–Crippen LogP) is 1.65. The highest BCUT2D eigenvalue weighted by Gasteiger charge is 2.22. The van der Waals surface area contributed by atoms with Gasteiger partial charge in [-0.2, -0.15) is 0 Å². The second-order valence-electron chi connectivity index (χ2n) is 4.58. The summed E-state index contributed by atoms with van der Waals surface area (Å²) in [6.07, 6.45) is 4.28. The second kappa shape index (κ2) is 5.57. The van der Waals surface area contributed by atoms with E-state index < -0.39 is 6.09 Å². The lowest BCUT2D eigenvalue weighted by Gasteiger charge is -2.29. The number of anilines is 2. The molecule has 1 heterocycles. The van der Waals surface area contributed by atoms with Crippen LogP contribution >= 0.6 is 0 Å². The number of rotatable bonds is 3. The van der Waals surface area contributed by atoms with Crippen LogP contribution in [0.25, 0.3) is 0 Å². The van der Waals surface area contributed by atoms with E-state index in [9.17, 15) is 4.79 Å². The van der Waals surface area contributed by atoms with Crippen molar-refractivity contribution in [3.05, 3.63) is 18.3 Å². The standard InChI is InChI=1S/C12H18N4O2/c13-10-2-1-7-14-11(10)15-8-3-5-9(6-4-8)16-12(17)18/h1-2,7-9,16H,3-6,13H2,(H,14,15)(H,17,18)/t8-,9-. The Morgan fingerprint density at radius 1 is 1.33 bits per heavy atom. The quantitative estimate of drug-likeness (QED) is 0.653. The van der Waals surface area contributed by atoms with Gasteiger partial charge in [-0.25, -0.2) is 9.78 Å². The molecule has 18 heavy (non-hydrogen) atoms. The summed E-state index contributed by atoms with van der Waals surface area (Å²) in [5.74, 6) is 0.715. The smallest absolute Gasteiger partial charge is 0.404 e. The van der Waals surface area contributed by atoms with Crippen molar-refractivity contribution in [2.75, 3.05) is 11.1 Å². The molecule has 5 N–H and O–H groups in total. The third kappa shape index (κ3) is 3.26. The first-order valence-electron chi connectivity index (χ1n) is 6.11.